The first-order valence-corrected chi connectivity index (χ1v) is 10.6. The van der Waals surface area contributed by atoms with Crippen LogP contribution in [-0.4, -0.2) is 24.5 Å². The van der Waals surface area contributed by atoms with Gasteiger partial charge in [-0.2, -0.15) is 0 Å². The van der Waals surface area contributed by atoms with Crippen LogP contribution in [0.25, 0.3) is 6.08 Å². The van der Waals surface area contributed by atoms with Crippen LogP contribution in [-0.2, 0) is 9.59 Å². The number of carbonyl (C=O) groups is 3. The minimum absolute atomic E-state index is 0.187. The SMILES string of the molecule is C=CCOc1c(Br)cc(/C=C2\C(=O)NC(=O)N(c3cccc(Cl)c3C)C2=O)cc1Br. The number of anilines is 1. The fraction of sp³-hybridized carbons (Fsp3) is 0.0952. The second-order valence-electron chi connectivity index (χ2n) is 6.26. The number of halogens is 3. The van der Waals surface area contributed by atoms with Crippen LogP contribution in [0.5, 0.6) is 5.75 Å². The quantitative estimate of drug-likeness (QED) is 0.305. The molecule has 1 fully saturated rings. The lowest BCUT2D eigenvalue weighted by molar-refractivity contribution is -0.122. The third-order valence-corrected chi connectivity index (χ3v) is 5.85. The van der Waals surface area contributed by atoms with Crippen LogP contribution in [0, 0.1) is 6.92 Å². The molecule has 30 heavy (non-hydrogen) atoms. The van der Waals surface area contributed by atoms with E-state index in [4.69, 9.17) is 16.3 Å². The monoisotopic (exact) mass is 552 g/mol. The van der Waals surface area contributed by atoms with Crippen LogP contribution in [0.15, 0.2) is 57.5 Å². The summed E-state index contributed by atoms with van der Waals surface area (Å²) in [5, 5.41) is 2.60. The zero-order chi connectivity index (χ0) is 22.0. The molecule has 1 aliphatic heterocycles. The Hall–Kier alpha value is -2.42. The van der Waals surface area contributed by atoms with Crippen molar-refractivity contribution in [1.29, 1.82) is 0 Å². The van der Waals surface area contributed by atoms with Gasteiger partial charge in [0.2, 0.25) is 0 Å². The van der Waals surface area contributed by atoms with Gasteiger partial charge in [-0.15, -0.1) is 0 Å². The summed E-state index contributed by atoms with van der Waals surface area (Å²) in [4.78, 5) is 38.8. The average molecular weight is 555 g/mol. The van der Waals surface area contributed by atoms with Gasteiger partial charge >= 0.3 is 6.03 Å². The number of urea groups is 1. The number of benzene rings is 2. The van der Waals surface area contributed by atoms with Gasteiger partial charge in [-0.25, -0.2) is 9.69 Å². The van der Waals surface area contributed by atoms with Crippen molar-refractivity contribution in [3.63, 3.8) is 0 Å². The summed E-state index contributed by atoms with van der Waals surface area (Å²) in [6, 6.07) is 7.43. The van der Waals surface area contributed by atoms with Gasteiger partial charge in [0.25, 0.3) is 11.8 Å². The van der Waals surface area contributed by atoms with Gasteiger partial charge < -0.3 is 4.74 Å². The third-order valence-electron chi connectivity index (χ3n) is 4.26. The van der Waals surface area contributed by atoms with E-state index in [1.165, 1.54) is 6.08 Å². The number of barbiturate groups is 1. The summed E-state index contributed by atoms with van der Waals surface area (Å²) < 4.78 is 6.81. The number of carbonyl (C=O) groups excluding carboxylic acids is 3. The van der Waals surface area contributed by atoms with Crippen molar-refractivity contribution in [3.05, 3.63) is 73.7 Å². The van der Waals surface area contributed by atoms with Crippen molar-refractivity contribution in [3.8, 4) is 5.75 Å². The number of rotatable bonds is 5. The molecule has 0 bridgehead atoms. The highest BCUT2D eigenvalue weighted by Crippen LogP contribution is 2.36. The molecule has 1 saturated heterocycles. The molecule has 6 nitrogen and oxygen atoms in total. The van der Waals surface area contributed by atoms with Gasteiger partial charge in [-0.3, -0.25) is 14.9 Å². The van der Waals surface area contributed by atoms with E-state index in [0.29, 0.717) is 43.1 Å². The van der Waals surface area contributed by atoms with E-state index in [1.54, 1.807) is 43.3 Å². The molecule has 2 aromatic carbocycles. The lowest BCUT2D eigenvalue weighted by Crippen LogP contribution is -2.54. The average Bonchev–Trinajstić information content (AvgIpc) is 2.67. The van der Waals surface area contributed by atoms with Gasteiger partial charge in [-0.05, 0) is 80.3 Å². The second kappa shape index (κ2) is 9.16. The highest BCUT2D eigenvalue weighted by Gasteiger charge is 2.37. The Kier molecular flexibility index (Phi) is 6.80. The van der Waals surface area contributed by atoms with E-state index in [1.807, 2.05) is 0 Å². The Morgan fingerprint density at radius 3 is 2.50 bits per heavy atom. The normalized spacial score (nSPS) is 15.4. The number of amides is 4. The number of hydrogen-bond donors (Lipinski definition) is 1. The van der Waals surface area contributed by atoms with Crippen LogP contribution in [0.3, 0.4) is 0 Å². The zero-order valence-corrected chi connectivity index (χ0v) is 19.6. The Bertz CT molecular complexity index is 1090. The Morgan fingerprint density at radius 2 is 1.87 bits per heavy atom. The number of imide groups is 2. The van der Waals surface area contributed by atoms with Gasteiger partial charge in [0.05, 0.1) is 14.6 Å². The van der Waals surface area contributed by atoms with Crippen molar-refractivity contribution < 1.29 is 19.1 Å². The zero-order valence-electron chi connectivity index (χ0n) is 15.7. The summed E-state index contributed by atoms with van der Waals surface area (Å²) in [5.41, 5.74) is 1.22. The first kappa shape index (κ1) is 22.3. The highest BCUT2D eigenvalue weighted by atomic mass is 79.9. The number of hydrogen-bond acceptors (Lipinski definition) is 4. The standard InChI is InChI=1S/C21H15Br2ClN2O4/c1-3-7-30-18-14(22)9-12(10-15(18)23)8-13-19(27)25-21(29)26(20(13)28)17-6-4-5-16(24)11(17)2/h3-6,8-10H,1,7H2,2H3,(H,25,27,29)/b13-8+. The fourth-order valence-corrected chi connectivity index (χ4v) is 4.44. The summed E-state index contributed by atoms with van der Waals surface area (Å²) in [6.07, 6.45) is 3.02. The van der Waals surface area contributed by atoms with Gasteiger partial charge in [0.15, 0.2) is 0 Å². The lowest BCUT2D eigenvalue weighted by atomic mass is 10.1. The molecular weight excluding hydrogens is 540 g/mol. The predicted octanol–water partition coefficient (Wildman–Crippen LogP) is 5.40. The van der Waals surface area contributed by atoms with Crippen LogP contribution in [0.4, 0.5) is 10.5 Å². The van der Waals surface area contributed by atoms with Gasteiger partial charge in [0.1, 0.15) is 17.9 Å². The molecule has 4 amide bonds. The smallest absolute Gasteiger partial charge is 0.335 e. The maximum Gasteiger partial charge on any atom is 0.335 e. The topological polar surface area (TPSA) is 75.7 Å². The number of ether oxygens (including phenoxy) is 1. The lowest BCUT2D eigenvalue weighted by Gasteiger charge is -2.27. The fourth-order valence-electron chi connectivity index (χ4n) is 2.82. The first-order chi connectivity index (χ1) is 14.2. The molecule has 2 aromatic rings. The maximum atomic E-state index is 13.1. The van der Waals surface area contributed by atoms with Crippen molar-refractivity contribution >= 4 is 73.1 Å². The molecule has 0 saturated carbocycles. The second-order valence-corrected chi connectivity index (χ2v) is 8.37. The van der Waals surface area contributed by atoms with Crippen molar-refractivity contribution in [2.75, 3.05) is 11.5 Å². The van der Waals surface area contributed by atoms with Gasteiger partial charge in [-0.1, -0.05) is 30.3 Å². The molecule has 0 radical (unpaired) electrons. The summed E-state index contributed by atoms with van der Waals surface area (Å²) in [7, 11) is 0. The van der Waals surface area contributed by atoms with E-state index in [2.05, 4.69) is 43.8 Å². The molecular formula is C21H15Br2ClN2O4. The van der Waals surface area contributed by atoms with Crippen LogP contribution >= 0.6 is 43.5 Å². The van der Waals surface area contributed by atoms with Crippen LogP contribution < -0.4 is 15.0 Å². The summed E-state index contributed by atoms with van der Waals surface area (Å²) in [5.74, 6) is -0.962. The van der Waals surface area contributed by atoms with Gasteiger partial charge in [0, 0.05) is 5.02 Å². The molecule has 0 spiro atoms. The molecule has 1 heterocycles. The number of nitrogens with zero attached hydrogens (tertiary/aromatic N) is 1. The molecule has 0 atom stereocenters. The van der Waals surface area contributed by atoms with E-state index in [9.17, 15) is 14.4 Å². The molecule has 0 aromatic heterocycles. The Balaban J connectivity index is 2.03. The molecule has 1 N–H and O–H groups in total. The maximum absolute atomic E-state index is 13.1. The minimum Gasteiger partial charge on any atom is -0.487 e. The van der Waals surface area contributed by atoms with Crippen LogP contribution in [0.1, 0.15) is 11.1 Å². The third kappa shape index (κ3) is 4.35. The molecule has 0 aliphatic carbocycles. The largest absolute Gasteiger partial charge is 0.487 e. The highest BCUT2D eigenvalue weighted by molar-refractivity contribution is 9.11. The molecule has 3 rings (SSSR count). The van der Waals surface area contributed by atoms with E-state index in [-0.39, 0.29) is 5.57 Å². The Morgan fingerprint density at radius 1 is 1.20 bits per heavy atom. The molecule has 9 heteroatoms. The molecule has 154 valence electrons. The minimum atomic E-state index is -0.831. The summed E-state index contributed by atoms with van der Waals surface area (Å²) in [6.45, 7) is 5.61. The predicted molar refractivity (Wildman–Crippen MR) is 123 cm³/mol. The van der Waals surface area contributed by atoms with Crippen molar-refractivity contribution in [1.82, 2.24) is 5.32 Å². The first-order valence-electron chi connectivity index (χ1n) is 8.64. The van der Waals surface area contributed by atoms with E-state index >= 15 is 0 Å². The van der Waals surface area contributed by atoms with Crippen LogP contribution in [0.2, 0.25) is 5.02 Å². The van der Waals surface area contributed by atoms with Crippen molar-refractivity contribution in [2.24, 2.45) is 0 Å². The Labute approximate surface area is 194 Å². The molecule has 0 unspecified atom stereocenters. The summed E-state index contributed by atoms with van der Waals surface area (Å²) >= 11 is 13.0. The number of nitrogens with one attached hydrogen (secondary N) is 1. The van der Waals surface area contributed by atoms with E-state index in [0.717, 1.165) is 4.90 Å². The molecule has 1 aliphatic rings. The van der Waals surface area contributed by atoms with E-state index < -0.39 is 17.8 Å². The van der Waals surface area contributed by atoms with Crippen molar-refractivity contribution in [2.45, 2.75) is 6.92 Å².